The van der Waals surface area contributed by atoms with E-state index in [4.69, 9.17) is 4.42 Å². The molecule has 1 aromatic carbocycles. The number of oxazole rings is 1. The number of amides is 1. The van der Waals surface area contributed by atoms with Gasteiger partial charge in [0.25, 0.3) is 5.91 Å². The number of anilines is 1. The van der Waals surface area contributed by atoms with E-state index in [1.54, 1.807) is 0 Å². The zero-order chi connectivity index (χ0) is 17.4. The molecule has 3 heterocycles. The Kier molecular flexibility index (Phi) is 3.85. The van der Waals surface area contributed by atoms with Crippen molar-refractivity contribution in [1.29, 1.82) is 0 Å². The van der Waals surface area contributed by atoms with E-state index in [2.05, 4.69) is 25.8 Å². The zero-order valence-corrected chi connectivity index (χ0v) is 14.1. The molecule has 7 heteroatoms. The first kappa shape index (κ1) is 15.6. The number of aromatic nitrogens is 3. The monoisotopic (exact) mass is 337 g/mol. The Morgan fingerprint density at radius 1 is 1.32 bits per heavy atom. The van der Waals surface area contributed by atoms with Gasteiger partial charge < -0.3 is 15.1 Å². The zero-order valence-electron chi connectivity index (χ0n) is 14.1. The third kappa shape index (κ3) is 2.94. The van der Waals surface area contributed by atoms with E-state index in [-0.39, 0.29) is 5.91 Å². The van der Waals surface area contributed by atoms with Crippen LogP contribution in [-0.2, 0) is 13.0 Å². The number of hydrogen-bond donors (Lipinski definition) is 3. The number of nitrogens with one attached hydrogen (secondary N) is 3. The van der Waals surface area contributed by atoms with Crippen LogP contribution in [0.4, 0.5) is 5.69 Å². The summed E-state index contributed by atoms with van der Waals surface area (Å²) in [7, 11) is 0. The fourth-order valence-corrected chi connectivity index (χ4v) is 2.93. The summed E-state index contributed by atoms with van der Waals surface area (Å²) < 4.78 is 5.66. The molecule has 0 saturated carbocycles. The molecule has 0 aliphatic carbocycles. The molecule has 128 valence electrons. The third-order valence-corrected chi connectivity index (χ3v) is 4.42. The minimum atomic E-state index is -0.224. The number of rotatable bonds is 3. The number of aryl methyl sites for hydroxylation is 2. The van der Waals surface area contributed by atoms with Gasteiger partial charge in [0.2, 0.25) is 5.89 Å². The Morgan fingerprint density at radius 2 is 2.20 bits per heavy atom. The maximum Gasteiger partial charge on any atom is 0.276 e. The molecule has 1 aliphatic heterocycles. The molecule has 3 aromatic rings. The summed E-state index contributed by atoms with van der Waals surface area (Å²) in [5.41, 5.74) is 4.77. The van der Waals surface area contributed by atoms with Crippen molar-refractivity contribution in [2.75, 3.05) is 11.9 Å². The van der Waals surface area contributed by atoms with Crippen LogP contribution < -0.4 is 10.6 Å². The summed E-state index contributed by atoms with van der Waals surface area (Å²) in [4.78, 5) is 17.0. The Morgan fingerprint density at radius 3 is 3.00 bits per heavy atom. The minimum absolute atomic E-state index is 0.224. The van der Waals surface area contributed by atoms with Crippen molar-refractivity contribution in [3.8, 4) is 11.5 Å². The second-order valence-electron chi connectivity index (χ2n) is 6.15. The molecule has 1 amide bonds. The van der Waals surface area contributed by atoms with Gasteiger partial charge in [-0.05, 0) is 32.0 Å². The molecule has 1 aliphatic rings. The number of aromatic amines is 1. The molecule has 3 N–H and O–H groups in total. The Bertz CT molecular complexity index is 921. The summed E-state index contributed by atoms with van der Waals surface area (Å²) in [5.74, 6) is 1.12. The van der Waals surface area contributed by atoms with Crippen molar-refractivity contribution in [1.82, 2.24) is 20.5 Å². The molecule has 0 radical (unpaired) electrons. The predicted octanol–water partition coefficient (Wildman–Crippen LogP) is 2.58. The topological polar surface area (TPSA) is 95.8 Å². The molecular weight excluding hydrogens is 318 g/mol. The standard InChI is InChI=1S/C18H19N5O2/c1-10-11(2)25-18(20-10)12-4-3-5-13(8-12)21-17(24)16-14-9-19-7-6-15(14)22-23-16/h3-5,8,19H,6-7,9H2,1-2H3,(H,21,24)(H,22,23). The fourth-order valence-electron chi connectivity index (χ4n) is 2.93. The van der Waals surface area contributed by atoms with Gasteiger partial charge in [-0.3, -0.25) is 9.89 Å². The van der Waals surface area contributed by atoms with E-state index < -0.39 is 0 Å². The highest BCUT2D eigenvalue weighted by atomic mass is 16.4. The number of nitrogens with zero attached hydrogens (tertiary/aromatic N) is 2. The van der Waals surface area contributed by atoms with Gasteiger partial charge in [-0.25, -0.2) is 4.98 Å². The van der Waals surface area contributed by atoms with Gasteiger partial charge in [-0.1, -0.05) is 6.07 Å². The Hall–Kier alpha value is -2.93. The maximum absolute atomic E-state index is 12.6. The largest absolute Gasteiger partial charge is 0.441 e. The van der Waals surface area contributed by atoms with Crippen molar-refractivity contribution in [2.45, 2.75) is 26.8 Å². The predicted molar refractivity (Wildman–Crippen MR) is 93.4 cm³/mol. The quantitative estimate of drug-likeness (QED) is 0.683. The van der Waals surface area contributed by atoms with E-state index in [9.17, 15) is 4.79 Å². The highest BCUT2D eigenvalue weighted by Gasteiger charge is 2.21. The van der Waals surface area contributed by atoms with Gasteiger partial charge in [0, 0.05) is 42.0 Å². The minimum Gasteiger partial charge on any atom is -0.441 e. The maximum atomic E-state index is 12.6. The van der Waals surface area contributed by atoms with E-state index in [0.717, 1.165) is 41.2 Å². The number of fused-ring (bicyclic) bond motifs is 1. The van der Waals surface area contributed by atoms with E-state index in [0.29, 0.717) is 23.8 Å². The van der Waals surface area contributed by atoms with Crippen LogP contribution in [0.3, 0.4) is 0 Å². The SMILES string of the molecule is Cc1nc(-c2cccc(NC(=O)c3n[nH]c4c3CNCC4)c2)oc1C. The van der Waals surface area contributed by atoms with Crippen LogP contribution in [0.2, 0.25) is 0 Å². The van der Waals surface area contributed by atoms with E-state index >= 15 is 0 Å². The van der Waals surface area contributed by atoms with Gasteiger partial charge in [0.05, 0.1) is 5.69 Å². The van der Waals surface area contributed by atoms with Crippen molar-refractivity contribution >= 4 is 11.6 Å². The van der Waals surface area contributed by atoms with Gasteiger partial charge >= 0.3 is 0 Å². The van der Waals surface area contributed by atoms with Crippen LogP contribution in [0.25, 0.3) is 11.5 Å². The Balaban J connectivity index is 1.58. The molecule has 25 heavy (non-hydrogen) atoms. The summed E-state index contributed by atoms with van der Waals surface area (Å²) in [6.45, 7) is 5.34. The third-order valence-electron chi connectivity index (χ3n) is 4.42. The normalized spacial score (nSPS) is 13.5. The summed E-state index contributed by atoms with van der Waals surface area (Å²) in [6, 6.07) is 7.45. The second kappa shape index (κ2) is 6.18. The molecule has 4 rings (SSSR count). The molecule has 0 saturated heterocycles. The lowest BCUT2D eigenvalue weighted by Gasteiger charge is -2.13. The van der Waals surface area contributed by atoms with E-state index in [1.807, 2.05) is 38.1 Å². The van der Waals surface area contributed by atoms with Gasteiger partial charge in [0.1, 0.15) is 5.76 Å². The Labute approximate surface area is 144 Å². The smallest absolute Gasteiger partial charge is 0.276 e. The average Bonchev–Trinajstić information content (AvgIpc) is 3.19. The van der Waals surface area contributed by atoms with Crippen LogP contribution in [0.15, 0.2) is 28.7 Å². The number of H-pyrrole nitrogens is 1. The number of carbonyl (C=O) groups is 1. The van der Waals surface area contributed by atoms with Crippen molar-refractivity contribution in [3.05, 3.63) is 52.7 Å². The first-order chi connectivity index (χ1) is 12.1. The highest BCUT2D eigenvalue weighted by molar-refractivity contribution is 6.04. The molecule has 0 atom stereocenters. The van der Waals surface area contributed by atoms with Crippen molar-refractivity contribution in [2.24, 2.45) is 0 Å². The molecule has 2 aromatic heterocycles. The first-order valence-corrected chi connectivity index (χ1v) is 8.24. The van der Waals surface area contributed by atoms with Crippen LogP contribution in [0.1, 0.15) is 33.2 Å². The van der Waals surface area contributed by atoms with Crippen molar-refractivity contribution in [3.63, 3.8) is 0 Å². The summed E-state index contributed by atoms with van der Waals surface area (Å²) >= 11 is 0. The van der Waals surface area contributed by atoms with E-state index in [1.165, 1.54) is 0 Å². The lowest BCUT2D eigenvalue weighted by atomic mass is 10.1. The van der Waals surface area contributed by atoms with Crippen LogP contribution in [0.5, 0.6) is 0 Å². The number of benzene rings is 1. The molecular formula is C18H19N5O2. The van der Waals surface area contributed by atoms with Gasteiger partial charge in [-0.2, -0.15) is 5.10 Å². The van der Waals surface area contributed by atoms with Crippen LogP contribution >= 0.6 is 0 Å². The molecule has 7 nitrogen and oxygen atoms in total. The van der Waals surface area contributed by atoms with Gasteiger partial charge in [0.15, 0.2) is 5.69 Å². The van der Waals surface area contributed by atoms with Crippen LogP contribution in [-0.4, -0.2) is 27.6 Å². The number of carbonyl (C=O) groups excluding carboxylic acids is 1. The van der Waals surface area contributed by atoms with Crippen molar-refractivity contribution < 1.29 is 9.21 Å². The number of hydrogen-bond acceptors (Lipinski definition) is 5. The summed E-state index contributed by atoms with van der Waals surface area (Å²) in [5, 5.41) is 13.3. The fraction of sp³-hybridized carbons (Fsp3) is 0.278. The lowest BCUT2D eigenvalue weighted by molar-refractivity contribution is 0.102. The van der Waals surface area contributed by atoms with Gasteiger partial charge in [-0.15, -0.1) is 0 Å². The second-order valence-corrected chi connectivity index (χ2v) is 6.15. The van der Waals surface area contributed by atoms with Crippen LogP contribution in [0, 0.1) is 13.8 Å². The first-order valence-electron chi connectivity index (χ1n) is 8.24. The summed E-state index contributed by atoms with van der Waals surface area (Å²) in [6.07, 6.45) is 0.855. The lowest BCUT2D eigenvalue weighted by Crippen LogP contribution is -2.25. The molecule has 0 spiro atoms. The molecule has 0 bridgehead atoms. The molecule has 0 fully saturated rings. The average molecular weight is 337 g/mol. The molecule has 0 unspecified atom stereocenters. The highest BCUT2D eigenvalue weighted by Crippen LogP contribution is 2.24.